The topological polar surface area (TPSA) is 66.5 Å². The van der Waals surface area contributed by atoms with Crippen molar-refractivity contribution in [1.29, 1.82) is 0 Å². The van der Waals surface area contributed by atoms with Gasteiger partial charge in [0.15, 0.2) is 0 Å². The highest BCUT2D eigenvalue weighted by atomic mass is 32.2. The lowest BCUT2D eigenvalue weighted by atomic mass is 9.99. The number of hydrogen-bond acceptors (Lipinski definition) is 4. The molecule has 5 nitrogen and oxygen atoms in total. The van der Waals surface area contributed by atoms with Crippen LogP contribution in [0, 0.1) is 12.8 Å². The molecule has 7 heteroatoms. The molecule has 1 aliphatic heterocycles. The van der Waals surface area contributed by atoms with Gasteiger partial charge in [0, 0.05) is 31.1 Å². The first-order valence-electron chi connectivity index (χ1n) is 8.23. The number of amides is 1. The fraction of sp³-hybridized carbons (Fsp3) is 0.588. The molecule has 0 saturated carbocycles. The van der Waals surface area contributed by atoms with Crippen LogP contribution < -0.4 is 5.32 Å². The Labute approximate surface area is 149 Å². The third kappa shape index (κ3) is 5.79. The zero-order chi connectivity index (χ0) is 17.6. The van der Waals surface area contributed by atoms with Crippen LogP contribution >= 0.6 is 11.8 Å². The van der Waals surface area contributed by atoms with Gasteiger partial charge in [-0.1, -0.05) is 24.3 Å². The predicted molar refractivity (Wildman–Crippen MR) is 99.5 cm³/mol. The van der Waals surface area contributed by atoms with Gasteiger partial charge in [-0.2, -0.15) is 11.8 Å². The van der Waals surface area contributed by atoms with Crippen molar-refractivity contribution < 1.29 is 13.2 Å². The summed E-state index contributed by atoms with van der Waals surface area (Å²) in [5, 5.41) is 2.94. The van der Waals surface area contributed by atoms with Gasteiger partial charge in [-0.05, 0) is 30.9 Å². The largest absolute Gasteiger partial charge is 0.355 e. The lowest BCUT2D eigenvalue weighted by molar-refractivity contribution is -0.125. The maximum Gasteiger partial charge on any atom is 0.224 e. The number of carbonyl (C=O) groups is 1. The summed E-state index contributed by atoms with van der Waals surface area (Å²) in [5.74, 6) is 1.53. The first kappa shape index (κ1) is 19.3. The van der Waals surface area contributed by atoms with E-state index >= 15 is 0 Å². The molecule has 134 valence electrons. The zero-order valence-corrected chi connectivity index (χ0v) is 16.0. The highest BCUT2D eigenvalue weighted by molar-refractivity contribution is 7.98. The number of hydrogen-bond donors (Lipinski definition) is 1. The standard InChI is InChI=1S/C17H26N2O3S2/c1-14-6-3-4-7-16(14)13-23-11-9-18-17(20)15-8-5-10-19(12-15)24(2,21)22/h3-4,6-7,15H,5,8-13H2,1-2H3,(H,18,20). The van der Waals surface area contributed by atoms with Crippen molar-refractivity contribution in [2.24, 2.45) is 5.92 Å². The SMILES string of the molecule is Cc1ccccc1CSCCNC(=O)C1CCCN(S(C)(=O)=O)C1. The van der Waals surface area contributed by atoms with E-state index < -0.39 is 10.0 Å². The molecular formula is C17H26N2O3S2. The van der Waals surface area contributed by atoms with Gasteiger partial charge in [-0.3, -0.25) is 4.79 Å². The number of rotatable bonds is 7. The second kappa shape index (κ2) is 8.87. The fourth-order valence-corrected chi connectivity index (χ4v) is 4.65. The lowest BCUT2D eigenvalue weighted by Gasteiger charge is -2.30. The third-order valence-corrected chi connectivity index (χ3v) is 6.57. The molecule has 1 fully saturated rings. The van der Waals surface area contributed by atoms with Crippen LogP contribution in [-0.2, 0) is 20.6 Å². The maximum absolute atomic E-state index is 12.2. The number of piperidine rings is 1. The van der Waals surface area contributed by atoms with E-state index in [1.165, 1.54) is 21.7 Å². The molecule has 2 rings (SSSR count). The van der Waals surface area contributed by atoms with Crippen LogP contribution in [0.1, 0.15) is 24.0 Å². The summed E-state index contributed by atoms with van der Waals surface area (Å²) in [7, 11) is -3.21. The summed E-state index contributed by atoms with van der Waals surface area (Å²) in [4.78, 5) is 12.2. The normalized spacial score (nSPS) is 19.2. The number of sulfonamides is 1. The minimum absolute atomic E-state index is 0.0279. The molecule has 0 radical (unpaired) electrons. The molecule has 1 aliphatic rings. The molecule has 1 unspecified atom stereocenters. The second-order valence-corrected chi connectivity index (χ2v) is 9.32. The number of aryl methyl sites for hydroxylation is 1. The third-order valence-electron chi connectivity index (χ3n) is 4.29. The fourth-order valence-electron chi connectivity index (χ4n) is 2.80. The van der Waals surface area contributed by atoms with E-state index in [4.69, 9.17) is 0 Å². The van der Waals surface area contributed by atoms with E-state index in [2.05, 4.69) is 24.4 Å². The number of nitrogens with one attached hydrogen (secondary N) is 1. The van der Waals surface area contributed by atoms with Crippen LogP contribution in [0.3, 0.4) is 0 Å². The van der Waals surface area contributed by atoms with Gasteiger partial charge in [0.2, 0.25) is 15.9 Å². The minimum atomic E-state index is -3.21. The molecule has 24 heavy (non-hydrogen) atoms. The Morgan fingerprint density at radius 1 is 1.38 bits per heavy atom. The Kier molecular flexibility index (Phi) is 7.13. The van der Waals surface area contributed by atoms with Gasteiger partial charge >= 0.3 is 0 Å². The van der Waals surface area contributed by atoms with E-state index in [9.17, 15) is 13.2 Å². The highest BCUT2D eigenvalue weighted by Crippen LogP contribution is 2.19. The number of nitrogens with zero attached hydrogens (tertiary/aromatic N) is 1. The minimum Gasteiger partial charge on any atom is -0.355 e. The number of benzene rings is 1. The van der Waals surface area contributed by atoms with Crippen molar-refractivity contribution in [2.45, 2.75) is 25.5 Å². The van der Waals surface area contributed by atoms with Crippen LogP contribution in [0.4, 0.5) is 0 Å². The molecule has 1 heterocycles. The predicted octanol–water partition coefficient (Wildman–Crippen LogP) is 2.02. The first-order chi connectivity index (χ1) is 11.4. The molecule has 1 amide bonds. The van der Waals surface area contributed by atoms with Crippen molar-refractivity contribution in [1.82, 2.24) is 9.62 Å². The monoisotopic (exact) mass is 370 g/mol. The van der Waals surface area contributed by atoms with E-state index in [-0.39, 0.29) is 11.8 Å². The van der Waals surface area contributed by atoms with E-state index in [1.54, 1.807) is 11.8 Å². The highest BCUT2D eigenvalue weighted by Gasteiger charge is 2.29. The van der Waals surface area contributed by atoms with Crippen LogP contribution in [0.2, 0.25) is 0 Å². The summed E-state index contributed by atoms with van der Waals surface area (Å²) >= 11 is 1.79. The Morgan fingerprint density at radius 3 is 2.83 bits per heavy atom. The summed E-state index contributed by atoms with van der Waals surface area (Å²) in [6.07, 6.45) is 2.71. The average molecular weight is 371 g/mol. The summed E-state index contributed by atoms with van der Waals surface area (Å²) in [6.45, 7) is 3.55. The van der Waals surface area contributed by atoms with Crippen molar-refractivity contribution >= 4 is 27.7 Å². The zero-order valence-electron chi connectivity index (χ0n) is 14.3. The van der Waals surface area contributed by atoms with Gasteiger partial charge in [-0.15, -0.1) is 0 Å². The molecule has 1 saturated heterocycles. The molecule has 0 aliphatic carbocycles. The van der Waals surface area contributed by atoms with E-state index in [1.807, 2.05) is 12.1 Å². The Hall–Kier alpha value is -1.05. The first-order valence-corrected chi connectivity index (χ1v) is 11.2. The van der Waals surface area contributed by atoms with Gasteiger partial charge in [0.05, 0.1) is 12.2 Å². The summed E-state index contributed by atoms with van der Waals surface area (Å²) in [6, 6.07) is 8.31. The second-order valence-electron chi connectivity index (χ2n) is 6.23. The Bertz CT molecular complexity index is 662. The van der Waals surface area contributed by atoms with Crippen LogP contribution in [-0.4, -0.2) is 50.3 Å². The Balaban J connectivity index is 1.69. The van der Waals surface area contributed by atoms with Crippen LogP contribution in [0.5, 0.6) is 0 Å². The van der Waals surface area contributed by atoms with Gasteiger partial charge in [0.25, 0.3) is 0 Å². The van der Waals surface area contributed by atoms with Gasteiger partial charge in [-0.25, -0.2) is 12.7 Å². The molecule has 0 spiro atoms. The lowest BCUT2D eigenvalue weighted by Crippen LogP contribution is -2.45. The maximum atomic E-state index is 12.2. The number of carbonyl (C=O) groups excluding carboxylic acids is 1. The molecule has 1 N–H and O–H groups in total. The van der Waals surface area contributed by atoms with Gasteiger partial charge in [0.1, 0.15) is 0 Å². The molecule has 1 atom stereocenters. The molecule has 0 aromatic heterocycles. The molecular weight excluding hydrogens is 344 g/mol. The summed E-state index contributed by atoms with van der Waals surface area (Å²) in [5.41, 5.74) is 2.61. The quantitative estimate of drug-likeness (QED) is 0.746. The Morgan fingerprint density at radius 2 is 2.12 bits per heavy atom. The van der Waals surface area contributed by atoms with Gasteiger partial charge < -0.3 is 5.32 Å². The van der Waals surface area contributed by atoms with E-state index in [0.717, 1.165) is 24.3 Å². The van der Waals surface area contributed by atoms with Crippen molar-refractivity contribution in [3.05, 3.63) is 35.4 Å². The molecule has 1 aromatic carbocycles. The molecule has 1 aromatic rings. The van der Waals surface area contributed by atoms with Crippen molar-refractivity contribution in [2.75, 3.05) is 31.6 Å². The van der Waals surface area contributed by atoms with Crippen molar-refractivity contribution in [3.63, 3.8) is 0 Å². The smallest absolute Gasteiger partial charge is 0.224 e. The molecule has 0 bridgehead atoms. The summed E-state index contributed by atoms with van der Waals surface area (Å²) < 4.78 is 24.6. The average Bonchev–Trinajstić information content (AvgIpc) is 2.55. The van der Waals surface area contributed by atoms with Crippen molar-refractivity contribution in [3.8, 4) is 0 Å². The number of thioether (sulfide) groups is 1. The van der Waals surface area contributed by atoms with Crippen LogP contribution in [0.25, 0.3) is 0 Å². The van der Waals surface area contributed by atoms with Crippen LogP contribution in [0.15, 0.2) is 24.3 Å². The van der Waals surface area contributed by atoms with E-state index in [0.29, 0.717) is 19.6 Å².